The van der Waals surface area contributed by atoms with Gasteiger partial charge in [-0.3, -0.25) is 4.79 Å². The van der Waals surface area contributed by atoms with Gasteiger partial charge in [-0.2, -0.15) is 0 Å². The van der Waals surface area contributed by atoms with Crippen LogP contribution in [0.1, 0.15) is 41.3 Å². The highest BCUT2D eigenvalue weighted by molar-refractivity contribution is 5.93. The molecule has 0 aromatic heterocycles. The van der Waals surface area contributed by atoms with Crippen LogP contribution in [0.2, 0.25) is 0 Å². The van der Waals surface area contributed by atoms with E-state index in [-0.39, 0.29) is 11.9 Å². The predicted molar refractivity (Wildman–Crippen MR) is 97.8 cm³/mol. The van der Waals surface area contributed by atoms with E-state index in [0.717, 1.165) is 19.3 Å². The second-order valence-electron chi connectivity index (χ2n) is 6.69. The Morgan fingerprint density at radius 1 is 1.00 bits per heavy atom. The van der Waals surface area contributed by atoms with Crippen molar-refractivity contribution < 1.29 is 23.8 Å². The third-order valence-corrected chi connectivity index (χ3v) is 4.47. The van der Waals surface area contributed by atoms with Crippen LogP contribution < -0.4 is 14.8 Å². The average molecular weight is 367 g/mol. The molecule has 1 saturated carbocycles. The van der Waals surface area contributed by atoms with Crippen LogP contribution in [-0.2, 0) is 9.53 Å². The Labute approximate surface area is 157 Å². The van der Waals surface area contributed by atoms with E-state index in [1.54, 1.807) is 30.3 Å². The molecule has 1 aliphatic carbocycles. The van der Waals surface area contributed by atoms with E-state index in [4.69, 9.17) is 14.2 Å². The third kappa shape index (κ3) is 4.22. The summed E-state index contributed by atoms with van der Waals surface area (Å²) in [6.07, 6.45) is 1.72. The summed E-state index contributed by atoms with van der Waals surface area (Å²) in [5.74, 6) is 0.243. The number of carbonyl (C=O) groups excluding carboxylic acids is 2. The van der Waals surface area contributed by atoms with Crippen LogP contribution in [-0.4, -0.2) is 31.1 Å². The zero-order chi connectivity index (χ0) is 18.6. The number of hydrogen-bond acceptors (Lipinski definition) is 5. The number of fused-ring (bicyclic) bond motifs is 1. The summed E-state index contributed by atoms with van der Waals surface area (Å²) in [4.78, 5) is 25.3. The molecule has 27 heavy (non-hydrogen) atoms. The molecule has 1 aliphatic heterocycles. The van der Waals surface area contributed by atoms with Crippen LogP contribution in [0.25, 0.3) is 0 Å². The molecule has 0 saturated heterocycles. The summed E-state index contributed by atoms with van der Waals surface area (Å²) in [7, 11) is 0. The number of nitrogens with one attached hydrogen (secondary N) is 1. The number of benzene rings is 2. The Balaban J connectivity index is 1.54. The van der Waals surface area contributed by atoms with Crippen molar-refractivity contribution in [2.75, 3.05) is 13.2 Å². The van der Waals surface area contributed by atoms with Gasteiger partial charge < -0.3 is 19.5 Å². The Bertz CT molecular complexity index is 832. The van der Waals surface area contributed by atoms with E-state index in [9.17, 15) is 9.59 Å². The molecule has 1 amide bonds. The lowest BCUT2D eigenvalue weighted by atomic mass is 10.1. The van der Waals surface area contributed by atoms with E-state index in [1.165, 1.54) is 0 Å². The molecule has 2 aromatic rings. The summed E-state index contributed by atoms with van der Waals surface area (Å²) < 4.78 is 16.8. The second kappa shape index (κ2) is 7.70. The SMILES string of the molecule is O=C(O[C@H](C(=O)NC1CC1)c1ccccc1)c1ccc2c(c1)OCCCO2. The number of hydrogen-bond donors (Lipinski definition) is 1. The van der Waals surface area contributed by atoms with Crippen molar-refractivity contribution in [1.82, 2.24) is 5.32 Å². The molecule has 1 fully saturated rings. The Hall–Kier alpha value is -3.02. The van der Waals surface area contributed by atoms with Crippen molar-refractivity contribution in [2.24, 2.45) is 0 Å². The zero-order valence-corrected chi connectivity index (χ0v) is 14.9. The molecule has 4 rings (SSSR count). The highest BCUT2D eigenvalue weighted by Gasteiger charge is 2.31. The van der Waals surface area contributed by atoms with E-state index in [1.807, 2.05) is 18.2 Å². The van der Waals surface area contributed by atoms with Gasteiger partial charge in [0.25, 0.3) is 5.91 Å². The maximum Gasteiger partial charge on any atom is 0.339 e. The van der Waals surface area contributed by atoms with E-state index in [0.29, 0.717) is 35.8 Å². The molecule has 0 bridgehead atoms. The van der Waals surface area contributed by atoms with Gasteiger partial charge in [-0.15, -0.1) is 0 Å². The van der Waals surface area contributed by atoms with Crippen molar-refractivity contribution in [3.63, 3.8) is 0 Å². The fourth-order valence-electron chi connectivity index (χ4n) is 2.87. The van der Waals surface area contributed by atoms with Crippen LogP contribution in [0.15, 0.2) is 48.5 Å². The van der Waals surface area contributed by atoms with E-state index < -0.39 is 12.1 Å². The molecule has 140 valence electrons. The van der Waals surface area contributed by atoms with Crippen LogP contribution in [0.4, 0.5) is 0 Å². The van der Waals surface area contributed by atoms with Crippen molar-refractivity contribution in [3.05, 3.63) is 59.7 Å². The van der Waals surface area contributed by atoms with Crippen molar-refractivity contribution in [2.45, 2.75) is 31.4 Å². The maximum atomic E-state index is 12.7. The lowest BCUT2D eigenvalue weighted by molar-refractivity contribution is -0.130. The van der Waals surface area contributed by atoms with Gasteiger partial charge in [0.2, 0.25) is 6.10 Å². The number of esters is 1. The largest absolute Gasteiger partial charge is 0.490 e. The zero-order valence-electron chi connectivity index (χ0n) is 14.9. The molecule has 0 spiro atoms. The minimum absolute atomic E-state index is 0.181. The normalized spacial score (nSPS) is 16.7. The second-order valence-corrected chi connectivity index (χ2v) is 6.69. The first-order valence-corrected chi connectivity index (χ1v) is 9.16. The molecular weight excluding hydrogens is 346 g/mol. The molecule has 6 nitrogen and oxygen atoms in total. The topological polar surface area (TPSA) is 73.9 Å². The highest BCUT2D eigenvalue weighted by Crippen LogP contribution is 2.31. The molecule has 0 radical (unpaired) electrons. The van der Waals surface area contributed by atoms with Crippen LogP contribution >= 0.6 is 0 Å². The van der Waals surface area contributed by atoms with Gasteiger partial charge in [0.05, 0.1) is 18.8 Å². The Morgan fingerprint density at radius 2 is 1.74 bits per heavy atom. The van der Waals surface area contributed by atoms with Crippen LogP contribution in [0.3, 0.4) is 0 Å². The number of carbonyl (C=O) groups is 2. The fourth-order valence-corrected chi connectivity index (χ4v) is 2.87. The predicted octanol–water partition coefficient (Wildman–Crippen LogP) is 3.02. The molecule has 0 unspecified atom stereocenters. The quantitative estimate of drug-likeness (QED) is 0.823. The van der Waals surface area contributed by atoms with E-state index >= 15 is 0 Å². The minimum atomic E-state index is -0.990. The number of amides is 1. The van der Waals surface area contributed by atoms with Gasteiger partial charge in [0.1, 0.15) is 0 Å². The summed E-state index contributed by atoms with van der Waals surface area (Å²) in [6.45, 7) is 1.11. The third-order valence-electron chi connectivity index (χ3n) is 4.47. The van der Waals surface area contributed by atoms with Crippen LogP contribution in [0, 0.1) is 0 Å². The molecule has 1 heterocycles. The molecular formula is C21H21NO5. The van der Waals surface area contributed by atoms with Gasteiger partial charge >= 0.3 is 5.97 Å². The summed E-state index contributed by atoms with van der Waals surface area (Å²) in [6, 6.07) is 14.1. The number of rotatable bonds is 5. The van der Waals surface area contributed by atoms with Crippen molar-refractivity contribution >= 4 is 11.9 Å². The summed E-state index contributed by atoms with van der Waals surface area (Å²) in [5.41, 5.74) is 0.956. The Morgan fingerprint density at radius 3 is 2.48 bits per heavy atom. The first kappa shape index (κ1) is 17.4. The standard InChI is InChI=1S/C21H21NO5/c23-20(22-16-8-9-16)19(14-5-2-1-3-6-14)27-21(24)15-7-10-17-18(13-15)26-12-4-11-25-17/h1-3,5-7,10,13,16,19H,4,8-9,11-12H2,(H,22,23)/t19-/m0/s1. The molecule has 1 atom stereocenters. The van der Waals surface area contributed by atoms with Gasteiger partial charge in [0.15, 0.2) is 11.5 Å². The minimum Gasteiger partial charge on any atom is -0.490 e. The summed E-state index contributed by atoms with van der Waals surface area (Å²) >= 11 is 0. The molecule has 1 N–H and O–H groups in total. The first-order valence-electron chi connectivity index (χ1n) is 9.16. The van der Waals surface area contributed by atoms with Gasteiger partial charge in [-0.1, -0.05) is 30.3 Å². The maximum absolute atomic E-state index is 12.7. The Kier molecular flexibility index (Phi) is 4.96. The lowest BCUT2D eigenvalue weighted by Gasteiger charge is -2.18. The van der Waals surface area contributed by atoms with Crippen molar-refractivity contribution in [3.8, 4) is 11.5 Å². The number of ether oxygens (including phenoxy) is 3. The fraction of sp³-hybridized carbons (Fsp3) is 0.333. The highest BCUT2D eigenvalue weighted by atomic mass is 16.5. The van der Waals surface area contributed by atoms with Gasteiger partial charge in [-0.05, 0) is 31.0 Å². The van der Waals surface area contributed by atoms with Gasteiger partial charge in [0, 0.05) is 18.0 Å². The smallest absolute Gasteiger partial charge is 0.339 e. The first-order chi connectivity index (χ1) is 13.2. The summed E-state index contributed by atoms with van der Waals surface area (Å²) in [5, 5.41) is 2.91. The van der Waals surface area contributed by atoms with Gasteiger partial charge in [-0.25, -0.2) is 4.79 Å². The molecule has 6 heteroatoms. The monoisotopic (exact) mass is 367 g/mol. The van der Waals surface area contributed by atoms with E-state index in [2.05, 4.69) is 5.32 Å². The molecule has 2 aliphatic rings. The lowest BCUT2D eigenvalue weighted by Crippen LogP contribution is -2.33. The van der Waals surface area contributed by atoms with Crippen LogP contribution in [0.5, 0.6) is 11.5 Å². The molecule has 2 aromatic carbocycles. The van der Waals surface area contributed by atoms with Crippen molar-refractivity contribution in [1.29, 1.82) is 0 Å². The average Bonchev–Trinajstić information content (AvgIpc) is 3.52.